The highest BCUT2D eigenvalue weighted by Gasteiger charge is 2.56. The summed E-state index contributed by atoms with van der Waals surface area (Å²) in [6.45, 7) is 13.7. The van der Waals surface area contributed by atoms with E-state index in [4.69, 9.17) is 11.1 Å². The smallest absolute Gasteiger partial charge is 0.317 e. The summed E-state index contributed by atoms with van der Waals surface area (Å²) >= 11 is 0. The third kappa shape index (κ3) is 2.49. The van der Waals surface area contributed by atoms with Gasteiger partial charge in [0.05, 0.1) is 10.9 Å². The van der Waals surface area contributed by atoms with E-state index in [0.717, 1.165) is 19.3 Å². The van der Waals surface area contributed by atoms with Crippen molar-refractivity contribution in [2.24, 2.45) is 10.4 Å². The van der Waals surface area contributed by atoms with Gasteiger partial charge >= 0.3 is 6.92 Å². The van der Waals surface area contributed by atoms with Gasteiger partial charge in [0.1, 0.15) is 0 Å². The van der Waals surface area contributed by atoms with Crippen LogP contribution in [0.4, 0.5) is 0 Å². The highest BCUT2D eigenvalue weighted by Crippen LogP contribution is 2.52. The monoisotopic (exact) mass is 247 g/mol. The fourth-order valence-corrected chi connectivity index (χ4v) is 2.59. The van der Waals surface area contributed by atoms with Crippen LogP contribution in [0.5, 0.6) is 0 Å². The van der Waals surface area contributed by atoms with E-state index in [1.807, 2.05) is 20.1 Å². The molecule has 0 saturated carbocycles. The number of hydrogen-bond donors (Lipinski definition) is 0. The van der Waals surface area contributed by atoms with Crippen LogP contribution in [0.2, 0.25) is 11.6 Å². The summed E-state index contributed by atoms with van der Waals surface area (Å²) < 4.78 is 6.27. The molecule has 100 valence electrons. The molecule has 0 aromatic rings. The predicted molar refractivity (Wildman–Crippen MR) is 80.4 cm³/mol. The van der Waals surface area contributed by atoms with Crippen molar-refractivity contribution in [3.05, 3.63) is 0 Å². The molecule has 0 aromatic carbocycles. The normalized spacial score (nSPS) is 30.4. The molecule has 2 nitrogen and oxygen atoms in total. The fraction of sp³-hybridized carbons (Fsp3) is 0.800. The zero-order valence-corrected chi connectivity index (χ0v) is 12.7. The summed E-state index contributed by atoms with van der Waals surface area (Å²) in [7, 11) is 0. The Morgan fingerprint density at radius 2 is 2.06 bits per heavy atom. The average Bonchev–Trinajstić information content (AvgIpc) is 2.58. The number of hydrogen-bond acceptors (Lipinski definition) is 2. The van der Waals surface area contributed by atoms with E-state index in [9.17, 15) is 0 Å². The quantitative estimate of drug-likeness (QED) is 0.422. The Balaban J connectivity index is 3.01. The molecule has 0 amide bonds. The Labute approximate surface area is 113 Å². The molecule has 1 rings (SSSR count). The van der Waals surface area contributed by atoms with Crippen molar-refractivity contribution in [3.8, 4) is 12.3 Å². The molecular weight excluding hydrogens is 221 g/mol. The molecule has 0 spiro atoms. The minimum atomic E-state index is -0.403. The maximum atomic E-state index is 6.27. The van der Waals surface area contributed by atoms with E-state index in [0.29, 0.717) is 0 Å². The molecule has 2 atom stereocenters. The van der Waals surface area contributed by atoms with E-state index >= 15 is 0 Å². The van der Waals surface area contributed by atoms with Crippen molar-refractivity contribution < 1.29 is 4.65 Å². The summed E-state index contributed by atoms with van der Waals surface area (Å²) in [6, 6.07) is 0. The minimum Gasteiger partial charge on any atom is -0.429 e. The van der Waals surface area contributed by atoms with E-state index in [2.05, 4.69) is 38.6 Å². The Hall–Kier alpha value is -0.745. The van der Waals surface area contributed by atoms with Crippen molar-refractivity contribution in [2.75, 3.05) is 6.54 Å². The van der Waals surface area contributed by atoms with Gasteiger partial charge in [-0.05, 0) is 45.9 Å². The molecular formula is C15H26BNO. The molecule has 1 aliphatic rings. The molecule has 18 heavy (non-hydrogen) atoms. The molecule has 0 aliphatic carbocycles. The number of rotatable bonds is 4. The van der Waals surface area contributed by atoms with Crippen LogP contribution in [0, 0.1) is 17.8 Å². The predicted octanol–water partition coefficient (Wildman–Crippen LogP) is 3.69. The molecule has 1 fully saturated rings. The lowest BCUT2D eigenvalue weighted by Crippen LogP contribution is -2.37. The maximum Gasteiger partial charge on any atom is 0.317 e. The number of aliphatic imine (C=N–C) groups is 1. The third-order valence-electron chi connectivity index (χ3n) is 4.83. The van der Waals surface area contributed by atoms with Crippen LogP contribution >= 0.6 is 0 Å². The van der Waals surface area contributed by atoms with Gasteiger partial charge in [-0.3, -0.25) is 4.99 Å². The summed E-state index contributed by atoms with van der Waals surface area (Å²) in [5.41, 5.74) is 0.0421. The first-order valence-corrected chi connectivity index (χ1v) is 6.91. The van der Waals surface area contributed by atoms with Gasteiger partial charge in [0, 0.05) is 12.8 Å². The van der Waals surface area contributed by atoms with Crippen molar-refractivity contribution >= 4 is 13.1 Å². The number of terminal acetylenes is 1. The van der Waals surface area contributed by atoms with Gasteiger partial charge in [-0.25, -0.2) is 0 Å². The largest absolute Gasteiger partial charge is 0.429 e. The number of nitrogens with zero attached hydrogens (tertiary/aromatic N) is 1. The lowest BCUT2D eigenvalue weighted by Gasteiger charge is -2.37. The maximum absolute atomic E-state index is 6.27. The van der Waals surface area contributed by atoms with Crippen LogP contribution in [-0.4, -0.2) is 25.3 Å². The zero-order valence-electron chi connectivity index (χ0n) is 12.7. The van der Waals surface area contributed by atoms with Gasteiger partial charge in [-0.1, -0.05) is 19.8 Å². The summed E-state index contributed by atoms with van der Waals surface area (Å²) in [6.07, 6.45) is 9.72. The average molecular weight is 247 g/mol. The zero-order chi connectivity index (χ0) is 14.0. The van der Waals surface area contributed by atoms with Crippen LogP contribution in [0.15, 0.2) is 4.99 Å². The lowest BCUT2D eigenvalue weighted by molar-refractivity contribution is 0.0212. The summed E-state index contributed by atoms with van der Waals surface area (Å²) in [4.78, 5) is 4.33. The molecule has 3 heteroatoms. The van der Waals surface area contributed by atoms with Gasteiger partial charge in [0.15, 0.2) is 0 Å². The van der Waals surface area contributed by atoms with Crippen molar-refractivity contribution in [3.63, 3.8) is 0 Å². The molecule has 0 N–H and O–H groups in total. The van der Waals surface area contributed by atoms with Gasteiger partial charge in [-0.2, -0.15) is 0 Å². The molecule has 0 radical (unpaired) electrons. The molecule has 1 saturated heterocycles. The fourth-order valence-electron chi connectivity index (χ4n) is 2.59. The Bertz CT molecular complexity index is 371. The molecule has 1 heterocycles. The van der Waals surface area contributed by atoms with Crippen LogP contribution in [-0.2, 0) is 4.65 Å². The SMILES string of the molecule is C#CC(C)(/C=N\CC)B1CC(C)(CC)C(C)(C)O1. The molecule has 2 unspecified atom stereocenters. The highest BCUT2D eigenvalue weighted by atomic mass is 16.5. The first-order valence-electron chi connectivity index (χ1n) is 6.91. The van der Waals surface area contributed by atoms with E-state index in [1.165, 1.54) is 0 Å². The first kappa shape index (κ1) is 15.3. The Kier molecular flexibility index (Phi) is 4.33. The molecule has 0 bridgehead atoms. The van der Waals surface area contributed by atoms with Gasteiger partial charge in [0.2, 0.25) is 0 Å². The van der Waals surface area contributed by atoms with E-state index in [-0.39, 0.29) is 17.9 Å². The van der Waals surface area contributed by atoms with Crippen molar-refractivity contribution in [2.45, 2.75) is 65.2 Å². The summed E-state index contributed by atoms with van der Waals surface area (Å²) in [5.74, 6) is 2.88. The summed E-state index contributed by atoms with van der Waals surface area (Å²) in [5, 5.41) is -0.403. The first-order chi connectivity index (χ1) is 8.24. The van der Waals surface area contributed by atoms with Crippen LogP contribution < -0.4 is 0 Å². The standard InChI is InChI=1S/C15H26BNO/c1-8-14(6)11-16(18-13(14,4)5)15(7,9-2)12-17-10-3/h2,12H,8,10-11H2,1,3-7H3/b17-12-. The van der Waals surface area contributed by atoms with Crippen LogP contribution in [0.1, 0.15) is 48.0 Å². The third-order valence-corrected chi connectivity index (χ3v) is 4.83. The molecule has 1 aliphatic heterocycles. The van der Waals surface area contributed by atoms with E-state index < -0.39 is 5.31 Å². The van der Waals surface area contributed by atoms with Crippen molar-refractivity contribution in [1.82, 2.24) is 0 Å². The topological polar surface area (TPSA) is 21.6 Å². The minimum absolute atomic E-state index is 0.0535. The highest BCUT2D eigenvalue weighted by molar-refractivity contribution is 6.62. The lowest BCUT2D eigenvalue weighted by atomic mass is 9.43. The van der Waals surface area contributed by atoms with Crippen LogP contribution in [0.3, 0.4) is 0 Å². The van der Waals surface area contributed by atoms with E-state index in [1.54, 1.807) is 0 Å². The molecule has 0 aromatic heterocycles. The van der Waals surface area contributed by atoms with Crippen molar-refractivity contribution in [1.29, 1.82) is 0 Å². The van der Waals surface area contributed by atoms with Gasteiger partial charge < -0.3 is 4.65 Å². The van der Waals surface area contributed by atoms with Gasteiger partial charge in [-0.15, -0.1) is 6.42 Å². The second kappa shape index (κ2) is 5.09. The van der Waals surface area contributed by atoms with Crippen LogP contribution in [0.25, 0.3) is 0 Å². The Morgan fingerprint density at radius 1 is 1.44 bits per heavy atom. The second-order valence-electron chi connectivity index (χ2n) is 6.29. The Morgan fingerprint density at radius 3 is 2.44 bits per heavy atom. The van der Waals surface area contributed by atoms with Gasteiger partial charge in [0.25, 0.3) is 0 Å². The second-order valence-corrected chi connectivity index (χ2v) is 6.29.